The van der Waals surface area contributed by atoms with Crippen molar-refractivity contribution in [2.24, 2.45) is 0 Å². The van der Waals surface area contributed by atoms with Crippen molar-refractivity contribution < 1.29 is 14.3 Å². The van der Waals surface area contributed by atoms with Crippen molar-refractivity contribution in [3.8, 4) is 5.75 Å². The first kappa shape index (κ1) is 20.5. The Balaban J connectivity index is 1.24. The summed E-state index contributed by atoms with van der Waals surface area (Å²) in [5, 5.41) is 11.5. The molecule has 1 fully saturated rings. The molecule has 32 heavy (non-hydrogen) atoms. The summed E-state index contributed by atoms with van der Waals surface area (Å²) in [6.45, 7) is 4.60. The lowest BCUT2D eigenvalue weighted by atomic mass is 10.0. The molecule has 1 N–H and O–H groups in total. The van der Waals surface area contributed by atoms with Crippen molar-refractivity contribution in [2.75, 3.05) is 31.1 Å². The number of rotatable bonds is 4. The van der Waals surface area contributed by atoms with Crippen LogP contribution in [0.2, 0.25) is 0 Å². The zero-order chi connectivity index (χ0) is 22.2. The first-order valence-electron chi connectivity index (χ1n) is 10.6. The third-order valence-electron chi connectivity index (χ3n) is 6.15. The summed E-state index contributed by atoms with van der Waals surface area (Å²) in [5.74, 6) is 1.08. The molecule has 0 unspecified atom stereocenters. The number of fused-ring (bicyclic) bond motifs is 2. The van der Waals surface area contributed by atoms with E-state index < -0.39 is 5.63 Å². The van der Waals surface area contributed by atoms with Gasteiger partial charge in [-0.3, -0.25) is 4.79 Å². The minimum absolute atomic E-state index is 0.0392. The van der Waals surface area contributed by atoms with E-state index in [4.69, 9.17) is 4.42 Å². The molecule has 0 spiro atoms. The average Bonchev–Trinajstić information content (AvgIpc) is 3.23. The lowest BCUT2D eigenvalue weighted by Crippen LogP contribution is -2.49. The van der Waals surface area contributed by atoms with Crippen LogP contribution >= 0.6 is 11.5 Å². The summed E-state index contributed by atoms with van der Waals surface area (Å²) < 4.78 is 11.2. The van der Waals surface area contributed by atoms with Crippen LogP contribution in [0, 0.1) is 6.92 Å². The summed E-state index contributed by atoms with van der Waals surface area (Å²) in [5.41, 5.74) is 1.22. The fourth-order valence-corrected chi connectivity index (χ4v) is 5.13. The van der Waals surface area contributed by atoms with Crippen molar-refractivity contribution >= 4 is 44.3 Å². The van der Waals surface area contributed by atoms with Crippen LogP contribution in [0.15, 0.2) is 51.7 Å². The molecular formula is C24H23N3O4S. The Bertz CT molecular complexity index is 1370. The van der Waals surface area contributed by atoms with Gasteiger partial charge in [0.15, 0.2) is 0 Å². The third-order valence-corrected chi connectivity index (χ3v) is 6.97. The van der Waals surface area contributed by atoms with E-state index in [1.165, 1.54) is 22.3 Å². The first-order valence-corrected chi connectivity index (χ1v) is 11.4. The molecule has 1 aliphatic rings. The van der Waals surface area contributed by atoms with Gasteiger partial charge in [0.25, 0.3) is 0 Å². The van der Waals surface area contributed by atoms with Gasteiger partial charge in [-0.05, 0) is 54.7 Å². The van der Waals surface area contributed by atoms with Crippen LogP contribution < -0.4 is 10.5 Å². The number of aromatic nitrogens is 1. The SMILES string of the molecule is Cc1c(CCC(=O)N2CCN(c3nsc4ccccc34)CC2)c(=O)oc2cc(O)ccc12. The Morgan fingerprint density at radius 3 is 2.72 bits per heavy atom. The van der Waals surface area contributed by atoms with E-state index >= 15 is 0 Å². The van der Waals surface area contributed by atoms with E-state index in [-0.39, 0.29) is 18.1 Å². The maximum Gasteiger partial charge on any atom is 0.339 e. The molecule has 5 rings (SSSR count). The Labute approximate surface area is 188 Å². The molecular weight excluding hydrogens is 426 g/mol. The largest absolute Gasteiger partial charge is 0.508 e. The summed E-state index contributed by atoms with van der Waals surface area (Å²) in [7, 11) is 0. The molecule has 1 saturated heterocycles. The fraction of sp³-hybridized carbons (Fsp3) is 0.292. The molecule has 0 aliphatic carbocycles. The molecule has 1 aliphatic heterocycles. The smallest absolute Gasteiger partial charge is 0.339 e. The van der Waals surface area contributed by atoms with Crippen molar-refractivity contribution in [2.45, 2.75) is 19.8 Å². The van der Waals surface area contributed by atoms with Gasteiger partial charge in [0.05, 0.1) is 4.70 Å². The van der Waals surface area contributed by atoms with Gasteiger partial charge in [0.1, 0.15) is 17.2 Å². The summed E-state index contributed by atoms with van der Waals surface area (Å²) in [6.07, 6.45) is 0.593. The van der Waals surface area contributed by atoms with Crippen molar-refractivity contribution in [1.82, 2.24) is 9.27 Å². The number of aryl methyl sites for hydroxylation is 1. The molecule has 0 radical (unpaired) electrons. The van der Waals surface area contributed by atoms with Gasteiger partial charge in [0.2, 0.25) is 5.91 Å². The number of hydrogen-bond acceptors (Lipinski definition) is 7. The van der Waals surface area contributed by atoms with Crippen molar-refractivity contribution in [1.29, 1.82) is 0 Å². The summed E-state index contributed by atoms with van der Waals surface area (Å²) in [6, 6.07) is 12.9. The number of piperazine rings is 1. The van der Waals surface area contributed by atoms with Crippen LogP contribution in [0.1, 0.15) is 17.5 Å². The Hall–Kier alpha value is -3.39. The lowest BCUT2D eigenvalue weighted by Gasteiger charge is -2.35. The van der Waals surface area contributed by atoms with E-state index in [0.717, 1.165) is 35.2 Å². The maximum absolute atomic E-state index is 12.8. The lowest BCUT2D eigenvalue weighted by molar-refractivity contribution is -0.131. The standard InChI is InChI=1S/C24H23N3O4S/c1-15-17-7-6-16(28)14-20(17)31-24(30)18(15)8-9-22(29)26-10-12-27(13-11-26)23-19-4-2-3-5-21(19)32-25-23/h2-7,14,28H,8-13H2,1H3. The number of phenols is 1. The van der Waals surface area contributed by atoms with Gasteiger partial charge in [-0.1, -0.05) is 12.1 Å². The number of aromatic hydroxyl groups is 1. The third kappa shape index (κ3) is 3.71. The molecule has 4 aromatic rings. The Kier molecular flexibility index (Phi) is 5.30. The highest BCUT2D eigenvalue weighted by Gasteiger charge is 2.24. The van der Waals surface area contributed by atoms with Gasteiger partial charge in [0, 0.05) is 55.0 Å². The summed E-state index contributed by atoms with van der Waals surface area (Å²) in [4.78, 5) is 29.4. The minimum Gasteiger partial charge on any atom is -0.508 e. The van der Waals surface area contributed by atoms with E-state index in [9.17, 15) is 14.7 Å². The van der Waals surface area contributed by atoms with E-state index in [1.807, 2.05) is 24.0 Å². The maximum atomic E-state index is 12.8. The van der Waals surface area contributed by atoms with Gasteiger partial charge in [-0.2, -0.15) is 4.37 Å². The second-order valence-corrected chi connectivity index (χ2v) is 8.85. The van der Waals surface area contributed by atoms with Gasteiger partial charge in [-0.25, -0.2) is 4.79 Å². The van der Waals surface area contributed by atoms with Crippen LogP contribution in [0.3, 0.4) is 0 Å². The monoisotopic (exact) mass is 449 g/mol. The molecule has 1 amide bonds. The van der Waals surface area contributed by atoms with Crippen molar-refractivity contribution in [3.05, 3.63) is 64.0 Å². The number of benzene rings is 2. The van der Waals surface area contributed by atoms with Crippen LogP contribution in [-0.2, 0) is 11.2 Å². The normalized spacial score (nSPS) is 14.4. The molecule has 2 aromatic heterocycles. The zero-order valence-corrected chi connectivity index (χ0v) is 18.5. The fourth-order valence-electron chi connectivity index (χ4n) is 4.33. The van der Waals surface area contributed by atoms with Crippen LogP contribution in [0.4, 0.5) is 5.82 Å². The van der Waals surface area contributed by atoms with Crippen LogP contribution in [-0.4, -0.2) is 46.5 Å². The Morgan fingerprint density at radius 1 is 1.12 bits per heavy atom. The average molecular weight is 450 g/mol. The number of phenolic OH excluding ortho intramolecular Hbond substituents is 1. The van der Waals surface area contributed by atoms with Crippen molar-refractivity contribution in [3.63, 3.8) is 0 Å². The number of anilines is 1. The zero-order valence-electron chi connectivity index (χ0n) is 17.7. The topological polar surface area (TPSA) is 86.9 Å². The molecule has 0 bridgehead atoms. The van der Waals surface area contributed by atoms with Gasteiger partial charge in [-0.15, -0.1) is 0 Å². The number of nitrogens with zero attached hydrogens (tertiary/aromatic N) is 3. The molecule has 7 nitrogen and oxygen atoms in total. The molecule has 0 saturated carbocycles. The van der Waals surface area contributed by atoms with Crippen LogP contribution in [0.5, 0.6) is 5.75 Å². The number of carbonyl (C=O) groups excluding carboxylic acids is 1. The number of carbonyl (C=O) groups is 1. The summed E-state index contributed by atoms with van der Waals surface area (Å²) >= 11 is 1.50. The predicted molar refractivity (Wildman–Crippen MR) is 126 cm³/mol. The molecule has 3 heterocycles. The van der Waals surface area contributed by atoms with E-state index in [0.29, 0.717) is 30.7 Å². The number of hydrogen-bond donors (Lipinski definition) is 1. The molecule has 0 atom stereocenters. The highest BCUT2D eigenvalue weighted by molar-refractivity contribution is 7.13. The van der Waals surface area contributed by atoms with E-state index in [2.05, 4.69) is 21.4 Å². The highest BCUT2D eigenvalue weighted by Crippen LogP contribution is 2.30. The number of amides is 1. The van der Waals surface area contributed by atoms with Gasteiger partial charge < -0.3 is 19.3 Å². The first-order chi connectivity index (χ1) is 15.5. The van der Waals surface area contributed by atoms with Gasteiger partial charge >= 0.3 is 5.63 Å². The van der Waals surface area contributed by atoms with E-state index in [1.54, 1.807) is 12.1 Å². The molecule has 8 heteroatoms. The van der Waals surface area contributed by atoms with Crippen LogP contribution in [0.25, 0.3) is 21.1 Å². The second kappa shape index (κ2) is 8.27. The molecule has 164 valence electrons. The minimum atomic E-state index is -0.450. The Morgan fingerprint density at radius 2 is 1.91 bits per heavy atom. The predicted octanol–water partition coefficient (Wildman–Crippen LogP) is 3.70. The molecule has 2 aromatic carbocycles. The quantitative estimate of drug-likeness (QED) is 0.478. The highest BCUT2D eigenvalue weighted by atomic mass is 32.1. The second-order valence-electron chi connectivity index (χ2n) is 8.04.